The molecule has 0 fully saturated rings. The van der Waals surface area contributed by atoms with Crippen molar-refractivity contribution in [2.45, 2.75) is 347 Å². The summed E-state index contributed by atoms with van der Waals surface area (Å²) in [4.78, 5) is 24.5. The van der Waals surface area contributed by atoms with Gasteiger partial charge >= 0.3 is 5.97 Å². The minimum Gasteiger partial charge on any atom is -0.466 e. The number of aliphatic hydroxyl groups excluding tert-OH is 2. The molecular formula is C62H119NO5. The van der Waals surface area contributed by atoms with E-state index in [1.165, 1.54) is 250 Å². The lowest BCUT2D eigenvalue weighted by Crippen LogP contribution is -2.45. The SMILES string of the molecule is CCCC/C=C\C/C=C\CCCCCCCC(=O)OCCCCCCCCCCCCCCCCCCCCCCCCC(=O)NC(CO)C(O)CCCCCCCCCCCCCCCCC. The Morgan fingerprint density at radius 2 is 0.750 bits per heavy atom. The van der Waals surface area contributed by atoms with Crippen molar-refractivity contribution in [3.8, 4) is 0 Å². The van der Waals surface area contributed by atoms with Crippen molar-refractivity contribution in [1.29, 1.82) is 0 Å². The molecule has 1 amide bonds. The highest BCUT2D eigenvalue weighted by molar-refractivity contribution is 5.76. The number of aliphatic hydroxyl groups is 2. The van der Waals surface area contributed by atoms with E-state index in [4.69, 9.17) is 4.74 Å². The van der Waals surface area contributed by atoms with Crippen LogP contribution in [0.1, 0.15) is 335 Å². The minimum absolute atomic E-state index is 0.00104. The van der Waals surface area contributed by atoms with E-state index in [-0.39, 0.29) is 18.5 Å². The first-order valence-corrected chi connectivity index (χ1v) is 30.6. The van der Waals surface area contributed by atoms with E-state index >= 15 is 0 Å². The Morgan fingerprint density at radius 1 is 0.412 bits per heavy atom. The summed E-state index contributed by atoms with van der Waals surface area (Å²) in [5, 5.41) is 23.3. The molecule has 0 aliphatic heterocycles. The second-order valence-electron chi connectivity index (χ2n) is 21.0. The lowest BCUT2D eigenvalue weighted by molar-refractivity contribution is -0.143. The van der Waals surface area contributed by atoms with Crippen molar-refractivity contribution < 1.29 is 24.5 Å². The van der Waals surface area contributed by atoms with E-state index in [9.17, 15) is 19.8 Å². The first kappa shape index (κ1) is 66.3. The van der Waals surface area contributed by atoms with Crippen LogP contribution in [0.4, 0.5) is 0 Å². The maximum Gasteiger partial charge on any atom is 0.305 e. The highest BCUT2D eigenvalue weighted by atomic mass is 16.5. The Hall–Kier alpha value is -1.66. The zero-order valence-electron chi connectivity index (χ0n) is 45.9. The van der Waals surface area contributed by atoms with Crippen molar-refractivity contribution in [3.63, 3.8) is 0 Å². The van der Waals surface area contributed by atoms with Gasteiger partial charge in [-0.2, -0.15) is 0 Å². The topological polar surface area (TPSA) is 95.9 Å². The first-order chi connectivity index (χ1) is 33.5. The van der Waals surface area contributed by atoms with E-state index < -0.39 is 12.1 Å². The summed E-state index contributed by atoms with van der Waals surface area (Å²) >= 11 is 0. The lowest BCUT2D eigenvalue weighted by Gasteiger charge is -2.22. The summed E-state index contributed by atoms with van der Waals surface area (Å²) < 4.78 is 5.47. The van der Waals surface area contributed by atoms with Crippen LogP contribution in [0, 0.1) is 0 Å². The number of hydrogen-bond acceptors (Lipinski definition) is 5. The van der Waals surface area contributed by atoms with E-state index in [1.54, 1.807) is 0 Å². The van der Waals surface area contributed by atoms with E-state index in [1.807, 2.05) is 0 Å². The predicted octanol–water partition coefficient (Wildman–Crippen LogP) is 19.0. The van der Waals surface area contributed by atoms with Crippen LogP contribution < -0.4 is 5.32 Å². The third-order valence-electron chi connectivity index (χ3n) is 14.3. The van der Waals surface area contributed by atoms with Crippen LogP contribution in [-0.4, -0.2) is 47.4 Å². The molecule has 0 aliphatic rings. The molecule has 0 spiro atoms. The van der Waals surface area contributed by atoms with Gasteiger partial charge in [-0.15, -0.1) is 0 Å². The highest BCUT2D eigenvalue weighted by Gasteiger charge is 2.20. The molecule has 0 rings (SSSR count). The van der Waals surface area contributed by atoms with Crippen molar-refractivity contribution in [2.75, 3.05) is 13.2 Å². The summed E-state index contributed by atoms with van der Waals surface area (Å²) in [6.07, 6.45) is 70.4. The standard InChI is InChI=1S/C62H119NO5/c1-3-5-7-9-11-13-15-17-27-30-34-38-42-46-50-54-60(65)59(58-64)63-61(66)55-51-47-43-39-35-31-28-25-23-21-19-20-22-24-26-29-33-37-41-45-49-53-57-68-62(67)56-52-48-44-40-36-32-18-16-14-12-10-8-6-4-2/h10,12,16,18,59-60,64-65H,3-9,11,13-15,17,19-58H2,1-2H3,(H,63,66)/b12-10-,18-16-. The van der Waals surface area contributed by atoms with Gasteiger partial charge in [0.2, 0.25) is 5.91 Å². The van der Waals surface area contributed by atoms with Gasteiger partial charge < -0.3 is 20.3 Å². The molecule has 3 N–H and O–H groups in total. The summed E-state index contributed by atoms with van der Waals surface area (Å²) in [6.45, 7) is 4.92. The predicted molar refractivity (Wildman–Crippen MR) is 296 cm³/mol. The molecular weight excluding hydrogens is 839 g/mol. The molecule has 0 saturated carbocycles. The molecule has 0 aromatic rings. The molecule has 6 heteroatoms. The number of carbonyl (C=O) groups excluding carboxylic acids is 2. The van der Waals surface area contributed by atoms with E-state index in [2.05, 4.69) is 43.5 Å². The van der Waals surface area contributed by atoms with E-state index in [0.29, 0.717) is 25.9 Å². The van der Waals surface area contributed by atoms with Crippen LogP contribution in [0.2, 0.25) is 0 Å². The van der Waals surface area contributed by atoms with Crippen LogP contribution in [-0.2, 0) is 14.3 Å². The fourth-order valence-corrected chi connectivity index (χ4v) is 9.54. The van der Waals surface area contributed by atoms with Crippen molar-refractivity contribution in [2.24, 2.45) is 0 Å². The molecule has 0 aliphatic carbocycles. The minimum atomic E-state index is -0.664. The Balaban J connectivity index is 3.38. The lowest BCUT2D eigenvalue weighted by atomic mass is 10.0. The molecule has 0 saturated heterocycles. The molecule has 402 valence electrons. The van der Waals surface area contributed by atoms with Crippen LogP contribution in [0.15, 0.2) is 24.3 Å². The largest absolute Gasteiger partial charge is 0.466 e. The number of hydrogen-bond donors (Lipinski definition) is 3. The number of nitrogens with one attached hydrogen (secondary N) is 1. The first-order valence-electron chi connectivity index (χ1n) is 30.6. The third kappa shape index (κ3) is 53.7. The van der Waals surface area contributed by atoms with Crippen LogP contribution >= 0.6 is 0 Å². The van der Waals surface area contributed by atoms with Gasteiger partial charge in [0.05, 0.1) is 25.4 Å². The second kappa shape index (κ2) is 57.9. The van der Waals surface area contributed by atoms with Crippen molar-refractivity contribution in [1.82, 2.24) is 5.32 Å². The van der Waals surface area contributed by atoms with Crippen LogP contribution in [0.5, 0.6) is 0 Å². The Bertz CT molecular complexity index is 1060. The Kier molecular flexibility index (Phi) is 56.5. The molecule has 2 unspecified atom stereocenters. The maximum atomic E-state index is 12.5. The zero-order chi connectivity index (χ0) is 49.3. The molecule has 0 radical (unpaired) electrons. The Labute approximate surface area is 424 Å². The second-order valence-corrected chi connectivity index (χ2v) is 21.0. The number of ether oxygens (including phenoxy) is 1. The quantitative estimate of drug-likeness (QED) is 0.0321. The number of allylic oxidation sites excluding steroid dienone is 4. The van der Waals surface area contributed by atoms with Gasteiger partial charge in [0.25, 0.3) is 0 Å². The average Bonchev–Trinajstić information content (AvgIpc) is 3.34. The third-order valence-corrected chi connectivity index (χ3v) is 14.3. The van der Waals surface area contributed by atoms with Gasteiger partial charge in [0.1, 0.15) is 0 Å². The van der Waals surface area contributed by atoms with Gasteiger partial charge in [-0.3, -0.25) is 9.59 Å². The van der Waals surface area contributed by atoms with E-state index in [0.717, 1.165) is 51.4 Å². The number of amides is 1. The molecule has 0 aromatic carbocycles. The number of esters is 1. The molecule has 6 nitrogen and oxygen atoms in total. The van der Waals surface area contributed by atoms with Gasteiger partial charge in [-0.1, -0.05) is 295 Å². The van der Waals surface area contributed by atoms with Crippen LogP contribution in [0.25, 0.3) is 0 Å². The molecule has 2 atom stereocenters. The normalized spacial score (nSPS) is 12.7. The van der Waals surface area contributed by atoms with Gasteiger partial charge in [0, 0.05) is 12.8 Å². The molecule has 0 heterocycles. The number of rotatable bonds is 57. The van der Waals surface area contributed by atoms with Crippen LogP contribution in [0.3, 0.4) is 0 Å². The zero-order valence-corrected chi connectivity index (χ0v) is 45.9. The summed E-state index contributed by atoms with van der Waals surface area (Å²) in [5.74, 6) is -0.0345. The molecule has 68 heavy (non-hydrogen) atoms. The summed E-state index contributed by atoms with van der Waals surface area (Å²) in [5.41, 5.74) is 0. The maximum absolute atomic E-state index is 12.5. The summed E-state index contributed by atoms with van der Waals surface area (Å²) in [7, 11) is 0. The van der Waals surface area contributed by atoms with Crippen molar-refractivity contribution in [3.05, 3.63) is 24.3 Å². The van der Waals surface area contributed by atoms with Gasteiger partial charge in [-0.05, 0) is 51.4 Å². The number of unbranched alkanes of at least 4 members (excludes halogenated alkanes) is 42. The highest BCUT2D eigenvalue weighted by Crippen LogP contribution is 2.18. The fourth-order valence-electron chi connectivity index (χ4n) is 9.54. The number of carbonyl (C=O) groups is 2. The summed E-state index contributed by atoms with van der Waals surface area (Å²) in [6, 6.07) is -0.541. The molecule has 0 aromatic heterocycles. The average molecular weight is 959 g/mol. The fraction of sp³-hybridized carbons (Fsp3) is 0.903. The molecule has 0 bridgehead atoms. The smallest absolute Gasteiger partial charge is 0.305 e. The van der Waals surface area contributed by atoms with Gasteiger partial charge in [0.15, 0.2) is 0 Å². The van der Waals surface area contributed by atoms with Gasteiger partial charge in [-0.25, -0.2) is 0 Å². The Morgan fingerprint density at radius 3 is 1.16 bits per heavy atom. The van der Waals surface area contributed by atoms with Crippen molar-refractivity contribution >= 4 is 11.9 Å². The monoisotopic (exact) mass is 958 g/mol.